The lowest BCUT2D eigenvalue weighted by Gasteiger charge is -2.23. The lowest BCUT2D eigenvalue weighted by Crippen LogP contribution is -2.37. The van der Waals surface area contributed by atoms with Crippen molar-refractivity contribution in [1.82, 2.24) is 10.1 Å². The van der Waals surface area contributed by atoms with E-state index in [9.17, 15) is 0 Å². The monoisotopic (exact) mass is 211 g/mol. The van der Waals surface area contributed by atoms with E-state index < -0.39 is 5.54 Å². The number of hydrogen-bond acceptors (Lipinski definition) is 4. The molecule has 1 heterocycles. The van der Waals surface area contributed by atoms with Crippen LogP contribution in [-0.2, 0) is 12.0 Å². The van der Waals surface area contributed by atoms with Crippen molar-refractivity contribution in [3.8, 4) is 0 Å². The second kappa shape index (κ2) is 5.26. The average Bonchev–Trinajstić information content (AvgIpc) is 2.75. The molecule has 0 bridgehead atoms. The highest BCUT2D eigenvalue weighted by atomic mass is 16.5. The van der Waals surface area contributed by atoms with Crippen LogP contribution in [-0.4, -0.2) is 10.1 Å². The van der Waals surface area contributed by atoms with Gasteiger partial charge in [0.2, 0.25) is 5.89 Å². The van der Waals surface area contributed by atoms with Gasteiger partial charge in [-0.2, -0.15) is 4.98 Å². The molecule has 0 spiro atoms. The summed E-state index contributed by atoms with van der Waals surface area (Å²) in [6, 6.07) is 0. The van der Waals surface area contributed by atoms with Gasteiger partial charge in [-0.15, -0.1) is 0 Å². The number of aromatic nitrogens is 2. The number of nitrogens with two attached hydrogens (primary N) is 1. The first-order valence-corrected chi connectivity index (χ1v) is 5.78. The van der Waals surface area contributed by atoms with Crippen molar-refractivity contribution < 1.29 is 4.52 Å². The van der Waals surface area contributed by atoms with E-state index in [1.54, 1.807) is 0 Å². The Morgan fingerprint density at radius 2 is 2.07 bits per heavy atom. The SMILES string of the molecule is CCCCC(N)(CC)c1noc(CC)n1. The molecule has 1 atom stereocenters. The summed E-state index contributed by atoms with van der Waals surface area (Å²) in [5.41, 5.74) is 5.88. The van der Waals surface area contributed by atoms with Gasteiger partial charge in [-0.1, -0.05) is 38.8 Å². The standard InChI is InChI=1S/C11H21N3O/c1-4-7-8-11(12,6-3)10-13-9(5-2)15-14-10/h4-8,12H2,1-3H3. The van der Waals surface area contributed by atoms with Gasteiger partial charge in [0.1, 0.15) is 0 Å². The molecule has 0 saturated carbocycles. The minimum Gasteiger partial charge on any atom is -0.339 e. The Morgan fingerprint density at radius 1 is 1.33 bits per heavy atom. The number of nitrogens with zero attached hydrogens (tertiary/aromatic N) is 2. The topological polar surface area (TPSA) is 64.9 Å². The van der Waals surface area contributed by atoms with E-state index in [0.717, 1.165) is 32.1 Å². The van der Waals surface area contributed by atoms with Crippen molar-refractivity contribution in [3.63, 3.8) is 0 Å². The van der Waals surface area contributed by atoms with Gasteiger partial charge >= 0.3 is 0 Å². The zero-order valence-electron chi connectivity index (χ0n) is 9.92. The third-order valence-corrected chi connectivity index (χ3v) is 2.82. The summed E-state index contributed by atoms with van der Waals surface area (Å²) in [4.78, 5) is 4.32. The highest BCUT2D eigenvalue weighted by Gasteiger charge is 2.29. The van der Waals surface area contributed by atoms with Gasteiger partial charge in [-0.3, -0.25) is 0 Å². The van der Waals surface area contributed by atoms with Crippen molar-refractivity contribution in [1.29, 1.82) is 0 Å². The lowest BCUT2D eigenvalue weighted by atomic mass is 9.90. The van der Waals surface area contributed by atoms with Gasteiger partial charge in [-0.05, 0) is 12.8 Å². The van der Waals surface area contributed by atoms with Crippen molar-refractivity contribution >= 4 is 0 Å². The fourth-order valence-corrected chi connectivity index (χ4v) is 1.54. The van der Waals surface area contributed by atoms with Crippen LogP contribution in [0, 0.1) is 0 Å². The van der Waals surface area contributed by atoms with Gasteiger partial charge < -0.3 is 10.3 Å². The summed E-state index contributed by atoms with van der Waals surface area (Å²) >= 11 is 0. The maximum atomic E-state index is 6.29. The Labute approximate surface area is 91.2 Å². The van der Waals surface area contributed by atoms with E-state index in [0.29, 0.717) is 11.7 Å². The van der Waals surface area contributed by atoms with Crippen molar-refractivity contribution in [2.75, 3.05) is 0 Å². The maximum Gasteiger partial charge on any atom is 0.226 e. The predicted molar refractivity (Wildman–Crippen MR) is 59.4 cm³/mol. The van der Waals surface area contributed by atoms with E-state index in [4.69, 9.17) is 10.3 Å². The van der Waals surface area contributed by atoms with Crippen LogP contribution >= 0.6 is 0 Å². The number of rotatable bonds is 6. The van der Waals surface area contributed by atoms with Gasteiger partial charge in [0.15, 0.2) is 5.82 Å². The Kier molecular flexibility index (Phi) is 4.27. The molecule has 0 fully saturated rings. The van der Waals surface area contributed by atoms with Crippen LogP contribution in [0.25, 0.3) is 0 Å². The molecule has 1 aromatic heterocycles. The van der Waals surface area contributed by atoms with Gasteiger partial charge in [0.25, 0.3) is 0 Å². The molecule has 0 aromatic carbocycles. The van der Waals surface area contributed by atoms with Crippen LogP contribution in [0.4, 0.5) is 0 Å². The largest absolute Gasteiger partial charge is 0.339 e. The van der Waals surface area contributed by atoms with Gasteiger partial charge in [0, 0.05) is 6.42 Å². The van der Waals surface area contributed by atoms with Crippen molar-refractivity contribution in [3.05, 3.63) is 11.7 Å². The van der Waals surface area contributed by atoms with Crippen LogP contribution in [0.5, 0.6) is 0 Å². The third kappa shape index (κ3) is 2.78. The Bertz CT molecular complexity index is 298. The zero-order chi connectivity index (χ0) is 11.3. The first kappa shape index (κ1) is 12.2. The zero-order valence-corrected chi connectivity index (χ0v) is 9.92. The summed E-state index contributed by atoms with van der Waals surface area (Å²) in [5.74, 6) is 1.33. The molecule has 0 saturated heterocycles. The lowest BCUT2D eigenvalue weighted by molar-refractivity contribution is 0.323. The molecule has 1 rings (SSSR count). The first-order valence-electron chi connectivity index (χ1n) is 5.78. The molecule has 1 unspecified atom stereocenters. The van der Waals surface area contributed by atoms with Crippen LogP contribution < -0.4 is 5.73 Å². The quantitative estimate of drug-likeness (QED) is 0.784. The predicted octanol–water partition coefficient (Wildman–Crippen LogP) is 2.39. The Morgan fingerprint density at radius 3 is 2.53 bits per heavy atom. The Hall–Kier alpha value is -0.900. The fourth-order valence-electron chi connectivity index (χ4n) is 1.54. The molecule has 0 aliphatic carbocycles. The van der Waals surface area contributed by atoms with Crippen LogP contribution in [0.2, 0.25) is 0 Å². The summed E-state index contributed by atoms with van der Waals surface area (Å²) in [7, 11) is 0. The molecule has 0 aliphatic heterocycles. The van der Waals surface area contributed by atoms with Gasteiger partial charge in [-0.25, -0.2) is 0 Å². The van der Waals surface area contributed by atoms with Crippen LogP contribution in [0.15, 0.2) is 4.52 Å². The summed E-state index contributed by atoms with van der Waals surface area (Å²) in [6.07, 6.45) is 4.76. The number of aryl methyl sites for hydroxylation is 1. The molecule has 4 heteroatoms. The number of unbranched alkanes of at least 4 members (excludes halogenated alkanes) is 1. The molecule has 1 aromatic rings. The molecule has 0 aliphatic rings. The molecule has 0 amide bonds. The van der Waals surface area contributed by atoms with Crippen molar-refractivity contribution in [2.45, 2.75) is 58.4 Å². The summed E-state index contributed by atoms with van der Waals surface area (Å²) in [5, 5.41) is 3.97. The minimum absolute atomic E-state index is 0.410. The molecular weight excluding hydrogens is 190 g/mol. The second-order valence-corrected chi connectivity index (χ2v) is 3.98. The van der Waals surface area contributed by atoms with E-state index in [1.807, 2.05) is 6.92 Å². The van der Waals surface area contributed by atoms with E-state index in [-0.39, 0.29) is 0 Å². The van der Waals surface area contributed by atoms with E-state index >= 15 is 0 Å². The van der Waals surface area contributed by atoms with Gasteiger partial charge in [0.05, 0.1) is 5.54 Å². The maximum absolute atomic E-state index is 6.29. The highest BCUT2D eigenvalue weighted by Crippen LogP contribution is 2.25. The first-order chi connectivity index (χ1) is 7.16. The minimum atomic E-state index is -0.410. The molecule has 15 heavy (non-hydrogen) atoms. The third-order valence-electron chi connectivity index (χ3n) is 2.82. The molecule has 86 valence electrons. The normalized spacial score (nSPS) is 15.2. The fraction of sp³-hybridized carbons (Fsp3) is 0.818. The molecule has 2 N–H and O–H groups in total. The molecule has 0 radical (unpaired) electrons. The summed E-state index contributed by atoms with van der Waals surface area (Å²) < 4.78 is 5.10. The number of hydrogen-bond donors (Lipinski definition) is 1. The second-order valence-electron chi connectivity index (χ2n) is 3.98. The Balaban J connectivity index is 2.79. The smallest absolute Gasteiger partial charge is 0.226 e. The van der Waals surface area contributed by atoms with Crippen molar-refractivity contribution in [2.24, 2.45) is 5.73 Å². The summed E-state index contributed by atoms with van der Waals surface area (Å²) in [6.45, 7) is 6.22. The average molecular weight is 211 g/mol. The van der Waals surface area contributed by atoms with E-state index in [2.05, 4.69) is 24.0 Å². The van der Waals surface area contributed by atoms with Crippen LogP contribution in [0.1, 0.15) is 58.2 Å². The highest BCUT2D eigenvalue weighted by molar-refractivity contribution is 5.03. The van der Waals surface area contributed by atoms with Crippen LogP contribution in [0.3, 0.4) is 0 Å². The molecular formula is C11H21N3O. The van der Waals surface area contributed by atoms with E-state index in [1.165, 1.54) is 0 Å². The molecule has 4 nitrogen and oxygen atoms in total.